The minimum atomic E-state index is -4.97. The van der Waals surface area contributed by atoms with Gasteiger partial charge in [0.2, 0.25) is 0 Å². The van der Waals surface area contributed by atoms with Gasteiger partial charge < -0.3 is 44.3 Å². The highest BCUT2D eigenvalue weighted by atomic mass is 28.5. The fourth-order valence-electron chi connectivity index (χ4n) is 1.01. The zero-order chi connectivity index (χ0) is 15.1. The van der Waals surface area contributed by atoms with Gasteiger partial charge in [0.15, 0.2) is 5.96 Å². The van der Waals surface area contributed by atoms with Gasteiger partial charge in [-0.25, -0.2) is 4.99 Å². The first-order chi connectivity index (χ1) is 8.52. The molecule has 0 rings (SSSR count). The predicted octanol–water partition coefficient (Wildman–Crippen LogP) is -4.28. The van der Waals surface area contributed by atoms with Gasteiger partial charge in [-0.2, -0.15) is 0 Å². The second-order valence-electron chi connectivity index (χ2n) is 3.54. The first-order valence-corrected chi connectivity index (χ1v) is 8.85. The van der Waals surface area contributed by atoms with Crippen LogP contribution < -0.4 is 11.1 Å². The van der Waals surface area contributed by atoms with E-state index in [2.05, 4.69) is 14.4 Å². The molecule has 19 heavy (non-hydrogen) atoms. The van der Waals surface area contributed by atoms with Crippen LogP contribution in [0.25, 0.3) is 0 Å². The van der Waals surface area contributed by atoms with E-state index in [1.807, 2.05) is 0 Å². The molecule has 0 amide bonds. The van der Waals surface area contributed by atoms with Crippen LogP contribution >= 0.6 is 0 Å². The van der Waals surface area contributed by atoms with E-state index in [0.717, 1.165) is 0 Å². The molecule has 0 aliphatic rings. The standard InChI is InChI=1S/C6H17N3O8Si2/c7-6(9-4-5(10)11)8-2-1-3-18(12,13)17-19(14,15)16/h12-16H,1-4H2,(H,10,11)(H3,7,8,9). The minimum Gasteiger partial charge on any atom is -0.480 e. The summed E-state index contributed by atoms with van der Waals surface area (Å²) in [5.41, 5.74) is 5.29. The molecule has 11 nitrogen and oxygen atoms in total. The van der Waals surface area contributed by atoms with Crippen molar-refractivity contribution in [2.75, 3.05) is 13.1 Å². The van der Waals surface area contributed by atoms with Crippen LogP contribution in [-0.4, -0.2) is 72.0 Å². The van der Waals surface area contributed by atoms with E-state index in [9.17, 15) is 14.4 Å². The first-order valence-electron chi connectivity index (χ1n) is 5.09. The van der Waals surface area contributed by atoms with Crippen molar-refractivity contribution in [1.82, 2.24) is 5.32 Å². The van der Waals surface area contributed by atoms with Gasteiger partial charge in [0.25, 0.3) is 0 Å². The van der Waals surface area contributed by atoms with Crippen LogP contribution in [-0.2, 0) is 8.91 Å². The summed E-state index contributed by atoms with van der Waals surface area (Å²) in [5, 5.41) is 10.8. The Morgan fingerprint density at radius 3 is 2.32 bits per heavy atom. The van der Waals surface area contributed by atoms with Gasteiger partial charge >= 0.3 is 23.8 Å². The molecule has 112 valence electrons. The minimum absolute atomic E-state index is 0.118. The lowest BCUT2D eigenvalue weighted by atomic mass is 10.5. The zero-order valence-electron chi connectivity index (χ0n) is 9.85. The van der Waals surface area contributed by atoms with Crippen molar-refractivity contribution in [3.05, 3.63) is 0 Å². The average Bonchev–Trinajstić information content (AvgIpc) is 2.18. The SMILES string of the molecule is NC(=NCC(=O)O)NCCC[Si](O)(O)O[Si](O)(O)O. The van der Waals surface area contributed by atoms with Gasteiger partial charge in [0, 0.05) is 12.6 Å². The topological polar surface area (TPSA) is 198 Å². The van der Waals surface area contributed by atoms with Gasteiger partial charge in [-0.15, -0.1) is 0 Å². The Kier molecular flexibility index (Phi) is 7.08. The third-order valence-electron chi connectivity index (χ3n) is 1.67. The summed E-state index contributed by atoms with van der Waals surface area (Å²) >= 11 is 0. The number of carboxylic acids is 1. The summed E-state index contributed by atoms with van der Waals surface area (Å²) in [6, 6.07) is -0.317. The van der Waals surface area contributed by atoms with E-state index in [1.165, 1.54) is 0 Å². The molecule has 0 saturated heterocycles. The van der Waals surface area contributed by atoms with Crippen molar-refractivity contribution in [1.29, 1.82) is 0 Å². The van der Waals surface area contributed by atoms with Crippen LogP contribution in [0.3, 0.4) is 0 Å². The molecule has 13 heteroatoms. The zero-order valence-corrected chi connectivity index (χ0v) is 11.9. The molecule has 0 spiro atoms. The number of nitrogens with two attached hydrogens (primary N) is 1. The molecule has 0 heterocycles. The maximum Gasteiger partial charge on any atom is 0.663 e. The van der Waals surface area contributed by atoms with Crippen molar-refractivity contribution in [2.24, 2.45) is 10.7 Å². The second kappa shape index (κ2) is 7.51. The second-order valence-corrected chi connectivity index (χ2v) is 7.50. The number of guanidine groups is 1. The van der Waals surface area contributed by atoms with Gasteiger partial charge in [0.1, 0.15) is 6.54 Å². The Bertz CT molecular complexity index is 331. The summed E-state index contributed by atoms with van der Waals surface area (Å²) in [7, 11) is -9.32. The van der Waals surface area contributed by atoms with Crippen LogP contribution in [0, 0.1) is 0 Å². The number of hydrogen-bond acceptors (Lipinski definition) is 8. The molecule has 0 unspecified atom stereocenters. The highest BCUT2D eigenvalue weighted by molar-refractivity contribution is 6.68. The van der Waals surface area contributed by atoms with E-state index in [4.69, 9.17) is 25.2 Å². The fourth-order valence-corrected chi connectivity index (χ4v) is 3.81. The van der Waals surface area contributed by atoms with Crippen LogP contribution in [0.15, 0.2) is 4.99 Å². The highest BCUT2D eigenvalue weighted by Gasteiger charge is 2.45. The number of carboxylic acid groups (broad SMARTS) is 1. The van der Waals surface area contributed by atoms with E-state index in [-0.39, 0.29) is 25.0 Å². The quantitative estimate of drug-likeness (QED) is 0.0938. The van der Waals surface area contributed by atoms with Crippen LogP contribution in [0.4, 0.5) is 0 Å². The van der Waals surface area contributed by atoms with E-state index in [0.29, 0.717) is 0 Å². The summed E-state index contributed by atoms with van der Waals surface area (Å²) in [4.78, 5) is 57.8. The third-order valence-corrected chi connectivity index (χ3v) is 5.08. The van der Waals surface area contributed by atoms with Crippen LogP contribution in [0.2, 0.25) is 6.04 Å². The van der Waals surface area contributed by atoms with Gasteiger partial charge in [-0.05, 0) is 6.42 Å². The molecule has 0 bridgehead atoms. The number of rotatable bonds is 8. The molecule has 9 N–H and O–H groups in total. The van der Waals surface area contributed by atoms with Crippen molar-refractivity contribution < 1.29 is 38.0 Å². The smallest absolute Gasteiger partial charge is 0.480 e. The molecule has 0 aromatic rings. The van der Waals surface area contributed by atoms with E-state index < -0.39 is 30.4 Å². The molecule has 0 radical (unpaired) electrons. The summed E-state index contributed by atoms with van der Waals surface area (Å²) in [6.07, 6.45) is 0.118. The molecule has 0 atom stereocenters. The molecule has 0 aliphatic carbocycles. The molecule has 0 fully saturated rings. The summed E-state index contributed by atoms with van der Waals surface area (Å²) in [5.74, 6) is -1.27. The van der Waals surface area contributed by atoms with Crippen molar-refractivity contribution in [3.8, 4) is 0 Å². The van der Waals surface area contributed by atoms with Gasteiger partial charge in [-0.1, -0.05) is 0 Å². The van der Waals surface area contributed by atoms with Crippen LogP contribution in [0.1, 0.15) is 6.42 Å². The summed E-state index contributed by atoms with van der Waals surface area (Å²) < 4.78 is 4.00. The molecule has 0 saturated carbocycles. The normalized spacial score (nSPS) is 13.4. The predicted molar refractivity (Wildman–Crippen MR) is 65.2 cm³/mol. The Balaban J connectivity index is 3.91. The Morgan fingerprint density at radius 1 is 1.26 bits per heavy atom. The number of aliphatic imine (C=N–C) groups is 1. The van der Waals surface area contributed by atoms with Crippen molar-refractivity contribution >= 4 is 29.8 Å². The lowest BCUT2D eigenvalue weighted by Crippen LogP contribution is -2.53. The number of hydrogen-bond donors (Lipinski definition) is 8. The lowest BCUT2D eigenvalue weighted by Gasteiger charge is -2.21. The maximum absolute atomic E-state index is 10.2. The number of nitrogens with zero attached hydrogens (tertiary/aromatic N) is 1. The largest absolute Gasteiger partial charge is 0.663 e. The van der Waals surface area contributed by atoms with Gasteiger partial charge in [0.05, 0.1) is 0 Å². The number of aliphatic carboxylic acids is 1. The molecular formula is C6H17N3O8Si2. The van der Waals surface area contributed by atoms with Crippen LogP contribution in [0.5, 0.6) is 0 Å². The Labute approximate surface area is 110 Å². The molecule has 0 aromatic carbocycles. The molecule has 0 aromatic heterocycles. The third kappa shape index (κ3) is 11.7. The van der Waals surface area contributed by atoms with Crippen molar-refractivity contribution in [2.45, 2.75) is 12.5 Å². The van der Waals surface area contributed by atoms with Gasteiger partial charge in [-0.3, -0.25) is 4.79 Å². The lowest BCUT2D eigenvalue weighted by molar-refractivity contribution is -0.135. The Hall–Kier alpha value is -1.07. The van der Waals surface area contributed by atoms with Crippen molar-refractivity contribution in [3.63, 3.8) is 0 Å². The monoisotopic (exact) mass is 315 g/mol. The Morgan fingerprint density at radius 2 is 1.84 bits per heavy atom. The first kappa shape index (κ1) is 17.9. The number of carbonyl (C=O) groups is 1. The van der Waals surface area contributed by atoms with E-state index >= 15 is 0 Å². The average molecular weight is 315 g/mol. The number of nitrogens with one attached hydrogen (secondary N) is 1. The fraction of sp³-hybridized carbons (Fsp3) is 0.667. The molecule has 0 aliphatic heterocycles. The highest BCUT2D eigenvalue weighted by Crippen LogP contribution is 2.09. The maximum atomic E-state index is 10.2. The van der Waals surface area contributed by atoms with E-state index in [1.54, 1.807) is 0 Å². The molecular weight excluding hydrogens is 298 g/mol. The summed E-state index contributed by atoms with van der Waals surface area (Å²) in [6.45, 7) is -0.362.